The number of fused-ring (bicyclic) bond motifs is 1. The average molecular weight is 733 g/mol. The smallest absolute Gasteiger partial charge is 0.338 e. The van der Waals surface area contributed by atoms with Crippen molar-refractivity contribution in [2.24, 2.45) is 0 Å². The van der Waals surface area contributed by atoms with E-state index in [-0.39, 0.29) is 17.7 Å². The SMILES string of the molecule is O=C(OC[C@H]1O[C@@H](c2ccc(Cl)c(Cc3cc4ccccc4s3)c2)[C@H](OC(=O)c2ccccc2)[C@@H](OC(=O)c2ccccc2)[C@@H]1O)c1ccccc1. The highest BCUT2D eigenvalue weighted by Crippen LogP contribution is 2.39. The predicted octanol–water partition coefficient (Wildman–Crippen LogP) is 8.25. The second-order valence-corrected chi connectivity index (χ2v) is 13.9. The second-order valence-electron chi connectivity index (χ2n) is 12.3. The minimum atomic E-state index is -1.56. The van der Waals surface area contributed by atoms with E-state index in [1.165, 1.54) is 0 Å². The van der Waals surface area contributed by atoms with E-state index in [2.05, 4.69) is 18.2 Å². The molecule has 1 aromatic heterocycles. The number of hydrogen-bond donors (Lipinski definition) is 1. The molecule has 0 unspecified atom stereocenters. The quantitative estimate of drug-likeness (QED) is 0.111. The highest BCUT2D eigenvalue weighted by atomic mass is 35.5. The lowest BCUT2D eigenvalue weighted by Gasteiger charge is -2.43. The molecule has 7 rings (SSSR count). The van der Waals surface area contributed by atoms with Gasteiger partial charge in [-0.3, -0.25) is 0 Å². The van der Waals surface area contributed by atoms with Crippen LogP contribution in [0.1, 0.15) is 53.2 Å². The van der Waals surface area contributed by atoms with Gasteiger partial charge in [-0.25, -0.2) is 14.4 Å². The van der Waals surface area contributed by atoms with E-state index in [4.69, 9.17) is 30.5 Å². The molecule has 0 bridgehead atoms. The van der Waals surface area contributed by atoms with Crippen LogP contribution in [0.3, 0.4) is 0 Å². The summed E-state index contributed by atoms with van der Waals surface area (Å²) in [5.74, 6) is -2.08. The van der Waals surface area contributed by atoms with Crippen LogP contribution in [0.25, 0.3) is 10.1 Å². The Bertz CT molecular complexity index is 2140. The fourth-order valence-corrected chi connectivity index (χ4v) is 7.43. The summed E-state index contributed by atoms with van der Waals surface area (Å²) in [4.78, 5) is 41.2. The van der Waals surface area contributed by atoms with Gasteiger partial charge in [0.05, 0.1) is 16.7 Å². The standard InChI is InChI=1S/C42H33ClO8S/c43-33-21-20-30(22-31(33)24-32-23-29-18-10-11-19-35(29)52-32)37-39(51-42(47)28-16-8-3-9-17-28)38(50-41(46)27-14-6-2-7-15-27)36(44)34(49-37)25-48-40(45)26-12-4-1-5-13-26/h1-23,34,36-39,44H,24-25H2/t34-,36-,37+,38+,39+/m1/s1. The van der Waals surface area contributed by atoms with Crippen molar-refractivity contribution in [3.63, 3.8) is 0 Å². The maximum Gasteiger partial charge on any atom is 0.338 e. The van der Waals surface area contributed by atoms with Gasteiger partial charge < -0.3 is 24.1 Å². The van der Waals surface area contributed by atoms with Gasteiger partial charge in [0.2, 0.25) is 0 Å². The molecule has 0 aliphatic carbocycles. The number of esters is 3. The number of carbonyl (C=O) groups is 3. The van der Waals surface area contributed by atoms with Crippen molar-refractivity contribution in [1.29, 1.82) is 0 Å². The van der Waals surface area contributed by atoms with Crippen LogP contribution in [0.15, 0.2) is 140 Å². The molecule has 0 amide bonds. The summed E-state index contributed by atoms with van der Waals surface area (Å²) in [7, 11) is 0. The molecule has 1 N–H and O–H groups in total. The average Bonchev–Trinajstić information content (AvgIpc) is 3.60. The molecule has 1 saturated heterocycles. The van der Waals surface area contributed by atoms with Gasteiger partial charge in [0.1, 0.15) is 24.9 Å². The summed E-state index contributed by atoms with van der Waals surface area (Å²) in [6, 6.07) is 40.6. The first-order chi connectivity index (χ1) is 25.3. The summed E-state index contributed by atoms with van der Waals surface area (Å²) >= 11 is 8.42. The van der Waals surface area contributed by atoms with E-state index >= 15 is 0 Å². The van der Waals surface area contributed by atoms with Crippen molar-refractivity contribution >= 4 is 50.9 Å². The zero-order chi connectivity index (χ0) is 36.0. The Labute approximate surface area is 309 Å². The van der Waals surface area contributed by atoms with E-state index in [0.717, 1.165) is 20.5 Å². The van der Waals surface area contributed by atoms with Crippen molar-refractivity contribution in [3.8, 4) is 0 Å². The molecule has 0 saturated carbocycles. The molecule has 10 heteroatoms. The van der Waals surface area contributed by atoms with Crippen molar-refractivity contribution in [2.75, 3.05) is 6.61 Å². The lowest BCUT2D eigenvalue weighted by molar-refractivity contribution is -0.231. The fourth-order valence-electron chi connectivity index (χ4n) is 6.16. The van der Waals surface area contributed by atoms with Crippen molar-refractivity contribution in [2.45, 2.75) is 36.9 Å². The zero-order valence-electron chi connectivity index (χ0n) is 27.7. The first-order valence-electron chi connectivity index (χ1n) is 16.7. The van der Waals surface area contributed by atoms with Crippen molar-refractivity contribution < 1.29 is 38.4 Å². The van der Waals surface area contributed by atoms with Gasteiger partial charge >= 0.3 is 17.9 Å². The predicted molar refractivity (Wildman–Crippen MR) is 198 cm³/mol. The Morgan fingerprint density at radius 2 is 1.23 bits per heavy atom. The number of ether oxygens (including phenoxy) is 4. The minimum Gasteiger partial charge on any atom is -0.459 e. The summed E-state index contributed by atoms with van der Waals surface area (Å²) < 4.78 is 25.3. The van der Waals surface area contributed by atoms with E-state index < -0.39 is 48.4 Å². The molecule has 1 aliphatic rings. The number of hydrogen-bond acceptors (Lipinski definition) is 9. The Balaban J connectivity index is 1.26. The third-order valence-electron chi connectivity index (χ3n) is 8.79. The normalized spacial score (nSPS) is 19.8. The first kappa shape index (κ1) is 35.1. The van der Waals surface area contributed by atoms with E-state index in [1.54, 1.807) is 114 Å². The molecule has 5 atom stereocenters. The second kappa shape index (κ2) is 15.9. The Morgan fingerprint density at radius 3 is 1.85 bits per heavy atom. The molecule has 0 radical (unpaired) electrons. The summed E-state index contributed by atoms with van der Waals surface area (Å²) in [6.45, 7) is -0.383. The van der Waals surface area contributed by atoms with Crippen LogP contribution in [0.4, 0.5) is 0 Å². The van der Waals surface area contributed by atoms with Crippen LogP contribution in [-0.4, -0.2) is 54.0 Å². The van der Waals surface area contributed by atoms with Gasteiger partial charge in [0, 0.05) is 21.0 Å². The molecular weight excluding hydrogens is 700 g/mol. The molecule has 1 fully saturated rings. The van der Waals surface area contributed by atoms with Crippen LogP contribution in [0.5, 0.6) is 0 Å². The fraction of sp³-hybridized carbons (Fsp3) is 0.167. The lowest BCUT2D eigenvalue weighted by Crippen LogP contribution is -2.58. The van der Waals surface area contributed by atoms with Gasteiger partial charge in [-0.05, 0) is 71.1 Å². The number of aliphatic hydroxyl groups excluding tert-OH is 1. The molecule has 1 aliphatic heterocycles. The van der Waals surface area contributed by atoms with Gasteiger partial charge in [-0.1, -0.05) is 96.5 Å². The van der Waals surface area contributed by atoms with E-state index in [1.807, 2.05) is 18.2 Å². The molecule has 8 nitrogen and oxygen atoms in total. The number of aliphatic hydroxyl groups is 1. The molecule has 0 spiro atoms. The maximum atomic E-state index is 13.6. The van der Waals surface area contributed by atoms with Gasteiger partial charge in [0.15, 0.2) is 12.2 Å². The van der Waals surface area contributed by atoms with Gasteiger partial charge in [-0.15, -0.1) is 11.3 Å². The Morgan fingerprint density at radius 1 is 0.673 bits per heavy atom. The first-order valence-corrected chi connectivity index (χ1v) is 17.9. The van der Waals surface area contributed by atoms with Crippen molar-refractivity contribution in [3.05, 3.63) is 177 Å². The number of rotatable bonds is 10. The van der Waals surface area contributed by atoms with Crippen molar-refractivity contribution in [1.82, 2.24) is 0 Å². The maximum absolute atomic E-state index is 13.6. The molecular formula is C42H33ClO8S. The zero-order valence-corrected chi connectivity index (χ0v) is 29.2. The van der Waals surface area contributed by atoms with E-state index in [0.29, 0.717) is 22.6 Å². The topological polar surface area (TPSA) is 108 Å². The number of carbonyl (C=O) groups excluding carboxylic acids is 3. The van der Waals surface area contributed by atoms with Crippen LogP contribution < -0.4 is 0 Å². The third-order valence-corrected chi connectivity index (χ3v) is 10.3. The number of halogens is 1. The molecule has 6 aromatic rings. The summed E-state index contributed by atoms with van der Waals surface area (Å²) in [5, 5.41) is 13.4. The van der Waals surface area contributed by atoms with Gasteiger partial charge in [0.25, 0.3) is 0 Å². The van der Waals surface area contributed by atoms with Crippen LogP contribution in [0.2, 0.25) is 5.02 Å². The highest BCUT2D eigenvalue weighted by molar-refractivity contribution is 7.19. The van der Waals surface area contributed by atoms with Gasteiger partial charge in [-0.2, -0.15) is 0 Å². The summed E-state index contributed by atoms with van der Waals surface area (Å²) in [5.41, 5.74) is 2.14. The number of benzene rings is 5. The van der Waals surface area contributed by atoms with E-state index in [9.17, 15) is 19.5 Å². The molecule has 52 heavy (non-hydrogen) atoms. The molecule has 2 heterocycles. The van der Waals surface area contributed by atoms with Crippen LogP contribution in [0, 0.1) is 0 Å². The largest absolute Gasteiger partial charge is 0.459 e. The Kier molecular flexibility index (Phi) is 10.7. The Hall–Kier alpha value is -5.32. The minimum absolute atomic E-state index is 0.232. The molecule has 262 valence electrons. The van der Waals surface area contributed by atoms with Crippen LogP contribution in [-0.2, 0) is 25.4 Å². The summed E-state index contributed by atoms with van der Waals surface area (Å²) in [6.07, 6.45) is -6.06. The third kappa shape index (κ3) is 7.93. The highest BCUT2D eigenvalue weighted by Gasteiger charge is 2.51. The lowest BCUT2D eigenvalue weighted by atomic mass is 9.89. The molecule has 5 aromatic carbocycles. The van der Waals surface area contributed by atoms with Crippen LogP contribution >= 0.6 is 22.9 Å². The monoisotopic (exact) mass is 732 g/mol. The number of thiophene rings is 1.